The van der Waals surface area contributed by atoms with Gasteiger partial charge in [-0.25, -0.2) is 4.79 Å². The van der Waals surface area contributed by atoms with Gasteiger partial charge in [0.2, 0.25) is 5.78 Å². The predicted octanol–water partition coefficient (Wildman–Crippen LogP) is 3.94. The van der Waals surface area contributed by atoms with E-state index in [1.807, 2.05) is 36.4 Å². The second-order valence-electron chi connectivity index (χ2n) is 5.24. The van der Waals surface area contributed by atoms with Crippen molar-refractivity contribution in [1.29, 1.82) is 0 Å². The van der Waals surface area contributed by atoms with Gasteiger partial charge in [-0.3, -0.25) is 4.79 Å². The average molecular weight is 373 g/mol. The number of ether oxygens (including phenoxy) is 2. The smallest absolute Gasteiger partial charge is 0.331 e. The van der Waals surface area contributed by atoms with Gasteiger partial charge in [0.1, 0.15) is 11.5 Å². The number of oxime groups is 1. The fraction of sp³-hybridized carbons (Fsp3) is 0.211. The largest absolute Gasteiger partial charge is 0.468 e. The molecule has 0 spiro atoms. The van der Waals surface area contributed by atoms with E-state index >= 15 is 0 Å². The number of nitrogens with zero attached hydrogens (tertiary/aromatic N) is 1. The third-order valence-electron chi connectivity index (χ3n) is 3.16. The van der Waals surface area contributed by atoms with Gasteiger partial charge in [-0.15, -0.1) is 0 Å². The average Bonchev–Trinajstić information content (AvgIpc) is 2.65. The molecule has 0 aliphatic rings. The Morgan fingerprint density at radius 2 is 1.54 bits per heavy atom. The van der Waals surface area contributed by atoms with Crippen LogP contribution >= 0.6 is 11.8 Å². The predicted molar refractivity (Wildman–Crippen MR) is 98.7 cm³/mol. The van der Waals surface area contributed by atoms with E-state index in [-0.39, 0.29) is 18.3 Å². The first-order valence-electron chi connectivity index (χ1n) is 7.76. The van der Waals surface area contributed by atoms with Crippen LogP contribution < -0.4 is 4.74 Å². The van der Waals surface area contributed by atoms with Gasteiger partial charge in [0, 0.05) is 29.4 Å². The molecule has 7 heteroatoms. The fourth-order valence-corrected chi connectivity index (χ4v) is 2.74. The van der Waals surface area contributed by atoms with Gasteiger partial charge in [-0.1, -0.05) is 16.9 Å². The summed E-state index contributed by atoms with van der Waals surface area (Å²) < 4.78 is 10.2. The van der Waals surface area contributed by atoms with Crippen LogP contribution in [0.3, 0.4) is 0 Å². The Hall–Kier alpha value is -2.64. The molecule has 0 bridgehead atoms. The maximum Gasteiger partial charge on any atom is 0.331 e. The fourth-order valence-electron chi connectivity index (χ4n) is 1.92. The van der Waals surface area contributed by atoms with Crippen LogP contribution in [0.1, 0.15) is 24.2 Å². The van der Waals surface area contributed by atoms with Crippen molar-refractivity contribution >= 4 is 29.2 Å². The van der Waals surface area contributed by atoms with E-state index in [2.05, 4.69) is 9.99 Å². The normalized spacial score (nSPS) is 11.1. The zero-order chi connectivity index (χ0) is 18.9. The van der Waals surface area contributed by atoms with Crippen molar-refractivity contribution in [3.8, 4) is 5.75 Å². The molecule has 0 radical (unpaired) electrons. The van der Waals surface area contributed by atoms with E-state index in [1.165, 1.54) is 13.8 Å². The monoisotopic (exact) mass is 373 g/mol. The number of ketones is 1. The summed E-state index contributed by atoms with van der Waals surface area (Å²) in [7, 11) is 1.57. The number of hydrogen-bond acceptors (Lipinski definition) is 7. The lowest BCUT2D eigenvalue weighted by atomic mass is 10.1. The van der Waals surface area contributed by atoms with Crippen molar-refractivity contribution in [1.82, 2.24) is 0 Å². The number of benzene rings is 2. The molecule has 6 nitrogen and oxygen atoms in total. The molecule has 0 aliphatic heterocycles. The molecular weight excluding hydrogens is 354 g/mol. The quantitative estimate of drug-likeness (QED) is 0.229. The Morgan fingerprint density at radius 3 is 2.08 bits per heavy atom. The Balaban J connectivity index is 1.99. The molecule has 0 N–H and O–H groups in total. The van der Waals surface area contributed by atoms with Gasteiger partial charge in [-0.2, -0.15) is 0 Å². The molecule has 0 unspecified atom stereocenters. The molecule has 0 saturated heterocycles. The summed E-state index contributed by atoms with van der Waals surface area (Å²) in [6.07, 6.45) is 0. The summed E-state index contributed by atoms with van der Waals surface area (Å²) >= 11 is 1.57. The van der Waals surface area contributed by atoms with Crippen LogP contribution in [0, 0.1) is 0 Å². The van der Waals surface area contributed by atoms with Crippen LogP contribution in [-0.2, 0) is 14.4 Å². The van der Waals surface area contributed by atoms with Gasteiger partial charge in [0.05, 0.1) is 0 Å². The number of methoxy groups -OCH3 is 1. The number of Topliss-reactive ketones (excluding diaryl/α,β-unsaturated/α-hetero) is 1. The minimum Gasteiger partial charge on any atom is -0.468 e. The van der Waals surface area contributed by atoms with Crippen LogP contribution in [0.25, 0.3) is 0 Å². The first-order chi connectivity index (χ1) is 12.5. The molecule has 0 heterocycles. The zero-order valence-electron chi connectivity index (χ0n) is 14.7. The van der Waals surface area contributed by atoms with Crippen LogP contribution in [-0.4, -0.2) is 31.4 Å². The van der Waals surface area contributed by atoms with E-state index in [4.69, 9.17) is 9.47 Å². The van der Waals surface area contributed by atoms with Crippen molar-refractivity contribution in [2.24, 2.45) is 5.16 Å². The number of carbonyl (C=O) groups is 2. The van der Waals surface area contributed by atoms with Crippen molar-refractivity contribution in [3.63, 3.8) is 0 Å². The molecule has 136 valence electrons. The Morgan fingerprint density at radius 1 is 0.962 bits per heavy atom. The maximum atomic E-state index is 12.2. The highest BCUT2D eigenvalue weighted by atomic mass is 32.2. The van der Waals surface area contributed by atoms with Gasteiger partial charge in [0.15, 0.2) is 6.79 Å². The third kappa shape index (κ3) is 6.02. The minimum atomic E-state index is -0.567. The highest BCUT2D eigenvalue weighted by Crippen LogP contribution is 2.29. The number of hydrogen-bond donors (Lipinski definition) is 0. The lowest BCUT2D eigenvalue weighted by Crippen LogP contribution is -2.11. The number of carbonyl (C=O) groups excluding carboxylic acids is 2. The van der Waals surface area contributed by atoms with Crippen LogP contribution in [0.2, 0.25) is 0 Å². The highest BCUT2D eigenvalue weighted by Gasteiger charge is 2.11. The minimum absolute atomic E-state index is 0.118. The molecule has 2 rings (SSSR count). The first kappa shape index (κ1) is 19.7. The van der Waals surface area contributed by atoms with E-state index in [1.54, 1.807) is 31.0 Å². The molecular formula is C19H19NO5S. The Labute approximate surface area is 156 Å². The summed E-state index contributed by atoms with van der Waals surface area (Å²) in [6.45, 7) is 2.94. The number of rotatable bonds is 8. The molecule has 2 aromatic carbocycles. The summed E-state index contributed by atoms with van der Waals surface area (Å²) in [5.41, 5.74) is 0.596. The van der Waals surface area contributed by atoms with E-state index in [9.17, 15) is 9.59 Å². The van der Waals surface area contributed by atoms with Crippen molar-refractivity contribution in [2.45, 2.75) is 23.6 Å². The molecule has 2 aromatic rings. The van der Waals surface area contributed by atoms with Crippen molar-refractivity contribution in [2.75, 3.05) is 13.9 Å². The van der Waals surface area contributed by atoms with Gasteiger partial charge in [0.25, 0.3) is 0 Å². The Bertz CT molecular complexity index is 785. The summed E-state index contributed by atoms with van der Waals surface area (Å²) in [5, 5.41) is 3.51. The van der Waals surface area contributed by atoms with Crippen LogP contribution in [0.4, 0.5) is 0 Å². The SMILES string of the molecule is COCOc1ccc(Sc2ccc(C(=O)/C(C)=N/OC(C)=O)cc2)cc1. The molecule has 0 saturated carbocycles. The maximum absolute atomic E-state index is 12.2. The first-order valence-corrected chi connectivity index (χ1v) is 8.58. The standard InChI is InChI=1S/C19H19NO5S/c1-13(20-25-14(2)21)19(22)15-4-8-17(9-5-15)26-18-10-6-16(7-11-18)24-12-23-3/h4-11H,12H2,1-3H3/b20-13+. The van der Waals surface area contributed by atoms with Gasteiger partial charge < -0.3 is 14.3 Å². The third-order valence-corrected chi connectivity index (χ3v) is 4.17. The topological polar surface area (TPSA) is 74.2 Å². The summed E-state index contributed by atoms with van der Waals surface area (Å²) in [6, 6.07) is 14.8. The van der Waals surface area contributed by atoms with Crippen molar-refractivity contribution in [3.05, 3.63) is 54.1 Å². The summed E-state index contributed by atoms with van der Waals surface area (Å²) in [5.74, 6) is -0.121. The second kappa shape index (κ2) is 9.74. The summed E-state index contributed by atoms with van der Waals surface area (Å²) in [4.78, 5) is 29.5. The highest BCUT2D eigenvalue weighted by molar-refractivity contribution is 7.99. The van der Waals surface area contributed by atoms with Crippen molar-refractivity contribution < 1.29 is 23.9 Å². The lowest BCUT2D eigenvalue weighted by Gasteiger charge is -2.06. The molecule has 0 aromatic heterocycles. The van der Waals surface area contributed by atoms with Crippen LogP contribution in [0.5, 0.6) is 5.75 Å². The van der Waals surface area contributed by atoms with Gasteiger partial charge >= 0.3 is 5.97 Å². The zero-order valence-corrected chi connectivity index (χ0v) is 15.5. The molecule has 0 atom stereocenters. The van der Waals surface area contributed by atoms with E-state index < -0.39 is 5.97 Å². The van der Waals surface area contributed by atoms with E-state index in [0.717, 1.165) is 15.5 Å². The molecule has 0 fully saturated rings. The second-order valence-corrected chi connectivity index (χ2v) is 6.38. The van der Waals surface area contributed by atoms with Gasteiger partial charge in [-0.05, 0) is 55.5 Å². The van der Waals surface area contributed by atoms with E-state index in [0.29, 0.717) is 5.56 Å². The Kier molecular flexibility index (Phi) is 7.37. The molecule has 0 aliphatic carbocycles. The lowest BCUT2D eigenvalue weighted by molar-refractivity contribution is -0.140. The molecule has 0 amide bonds. The van der Waals surface area contributed by atoms with Crippen LogP contribution in [0.15, 0.2) is 63.5 Å². The molecule has 26 heavy (non-hydrogen) atoms.